The molecule has 2 aromatic carbocycles. The van der Waals surface area contributed by atoms with Gasteiger partial charge in [0.25, 0.3) is 0 Å². The van der Waals surface area contributed by atoms with Crippen molar-refractivity contribution < 1.29 is 4.42 Å². The van der Waals surface area contributed by atoms with Crippen molar-refractivity contribution in [1.29, 1.82) is 0 Å². The third kappa shape index (κ3) is 3.35. The number of hydrogen-bond acceptors (Lipinski definition) is 4. The lowest BCUT2D eigenvalue weighted by molar-refractivity contribution is 0.559. The number of anilines is 1. The average Bonchev–Trinajstić information content (AvgIpc) is 2.53. The van der Waals surface area contributed by atoms with Gasteiger partial charge in [-0.25, -0.2) is 4.79 Å². The van der Waals surface area contributed by atoms with E-state index in [4.69, 9.17) is 4.42 Å². The number of rotatable bonds is 3. The van der Waals surface area contributed by atoms with Crippen molar-refractivity contribution in [2.24, 2.45) is 5.10 Å². The number of hydrazone groups is 1. The Kier molecular flexibility index (Phi) is 4.30. The van der Waals surface area contributed by atoms with E-state index in [2.05, 4.69) is 26.5 Å². The summed E-state index contributed by atoms with van der Waals surface area (Å²) in [6, 6.07) is 15.1. The van der Waals surface area contributed by atoms with Crippen LogP contribution in [0.2, 0.25) is 0 Å². The quantitative estimate of drug-likeness (QED) is 0.413. The second-order valence-electron chi connectivity index (χ2n) is 5.25. The first-order valence-electron chi connectivity index (χ1n) is 7.14. The fourth-order valence-electron chi connectivity index (χ4n) is 2.25. The van der Waals surface area contributed by atoms with E-state index in [-0.39, 0.29) is 0 Å². The summed E-state index contributed by atoms with van der Waals surface area (Å²) in [6.45, 7) is 3.77. The fourth-order valence-corrected chi connectivity index (χ4v) is 2.63. The van der Waals surface area contributed by atoms with Crippen LogP contribution in [0.3, 0.4) is 0 Å². The van der Waals surface area contributed by atoms with Crippen molar-refractivity contribution >= 4 is 38.3 Å². The highest BCUT2D eigenvalue weighted by Gasteiger charge is 2.09. The van der Waals surface area contributed by atoms with Gasteiger partial charge in [0, 0.05) is 9.86 Å². The second kappa shape index (κ2) is 6.38. The number of hydrogen-bond donors (Lipinski definition) is 1. The summed E-state index contributed by atoms with van der Waals surface area (Å²) in [5, 5.41) is 5.16. The van der Waals surface area contributed by atoms with Gasteiger partial charge in [-0.3, -0.25) is 5.43 Å². The van der Waals surface area contributed by atoms with Gasteiger partial charge in [0.2, 0.25) is 0 Å². The van der Waals surface area contributed by atoms with Gasteiger partial charge in [0.1, 0.15) is 5.58 Å². The Balaban J connectivity index is 1.98. The van der Waals surface area contributed by atoms with Crippen molar-refractivity contribution in [3.63, 3.8) is 0 Å². The molecule has 0 fully saturated rings. The van der Waals surface area contributed by atoms with Crippen LogP contribution >= 0.6 is 15.9 Å². The predicted octanol–water partition coefficient (Wildman–Crippen LogP) is 4.70. The molecule has 116 valence electrons. The molecule has 0 aliphatic rings. The minimum atomic E-state index is -0.396. The molecule has 23 heavy (non-hydrogen) atoms. The first kappa shape index (κ1) is 15.5. The van der Waals surface area contributed by atoms with Crippen molar-refractivity contribution in [2.75, 3.05) is 5.43 Å². The molecular formula is C18H15BrN2O2. The first-order chi connectivity index (χ1) is 11.0. The van der Waals surface area contributed by atoms with Crippen LogP contribution in [0.5, 0.6) is 0 Å². The van der Waals surface area contributed by atoms with Crippen LogP contribution in [0.1, 0.15) is 18.1 Å². The van der Waals surface area contributed by atoms with Gasteiger partial charge >= 0.3 is 5.63 Å². The van der Waals surface area contributed by atoms with Crippen molar-refractivity contribution in [2.45, 2.75) is 13.8 Å². The van der Waals surface area contributed by atoms with Gasteiger partial charge in [0.15, 0.2) is 0 Å². The Morgan fingerprint density at radius 1 is 1.17 bits per heavy atom. The van der Waals surface area contributed by atoms with E-state index >= 15 is 0 Å². The summed E-state index contributed by atoms with van der Waals surface area (Å²) in [5.74, 6) is 0. The Morgan fingerprint density at radius 3 is 2.74 bits per heavy atom. The maximum atomic E-state index is 12.2. The van der Waals surface area contributed by atoms with Crippen LogP contribution in [0.25, 0.3) is 11.0 Å². The Morgan fingerprint density at radius 2 is 1.96 bits per heavy atom. The average molecular weight is 371 g/mol. The van der Waals surface area contributed by atoms with E-state index in [0.29, 0.717) is 16.9 Å². The van der Waals surface area contributed by atoms with Crippen LogP contribution < -0.4 is 11.1 Å². The smallest absolute Gasteiger partial charge is 0.345 e. The van der Waals surface area contributed by atoms with Gasteiger partial charge < -0.3 is 4.42 Å². The lowest BCUT2D eigenvalue weighted by Crippen LogP contribution is -2.13. The monoisotopic (exact) mass is 370 g/mol. The second-order valence-corrected chi connectivity index (χ2v) is 6.17. The van der Waals surface area contributed by atoms with E-state index in [1.54, 1.807) is 19.1 Å². The summed E-state index contributed by atoms with van der Waals surface area (Å²) in [5.41, 5.74) is 6.16. The predicted molar refractivity (Wildman–Crippen MR) is 97.2 cm³/mol. The Bertz CT molecular complexity index is 961. The molecule has 3 aromatic rings. The van der Waals surface area contributed by atoms with Crippen LogP contribution in [-0.4, -0.2) is 5.71 Å². The van der Waals surface area contributed by atoms with E-state index < -0.39 is 5.63 Å². The highest BCUT2D eigenvalue weighted by molar-refractivity contribution is 9.10. The zero-order chi connectivity index (χ0) is 16.4. The van der Waals surface area contributed by atoms with E-state index in [1.165, 1.54) is 0 Å². The molecule has 3 rings (SSSR count). The minimum Gasteiger partial charge on any atom is -0.422 e. The standard InChI is InChI=1S/C18H15BrN2O2/c1-11-5-3-4-6-16(11)21-20-12(2)15-10-13-9-14(19)7-8-17(13)23-18(15)22/h3-10,21H,1-2H3/b20-12+. The third-order valence-electron chi connectivity index (χ3n) is 3.57. The van der Waals surface area contributed by atoms with Gasteiger partial charge in [-0.15, -0.1) is 0 Å². The molecular weight excluding hydrogens is 356 g/mol. The van der Waals surface area contributed by atoms with Crippen molar-refractivity contribution in [1.82, 2.24) is 0 Å². The molecule has 0 radical (unpaired) electrons. The number of para-hydroxylation sites is 1. The highest BCUT2D eigenvalue weighted by Crippen LogP contribution is 2.20. The minimum absolute atomic E-state index is 0.396. The molecule has 0 atom stereocenters. The molecule has 0 aliphatic carbocycles. The molecule has 0 saturated heterocycles. The van der Waals surface area contributed by atoms with Crippen molar-refractivity contribution in [3.8, 4) is 0 Å². The molecule has 0 aliphatic heterocycles. The van der Waals surface area contributed by atoms with Crippen LogP contribution in [0.15, 0.2) is 67.3 Å². The number of halogens is 1. The van der Waals surface area contributed by atoms with Gasteiger partial charge in [-0.1, -0.05) is 34.1 Å². The third-order valence-corrected chi connectivity index (χ3v) is 4.07. The van der Waals surface area contributed by atoms with Gasteiger partial charge in [0.05, 0.1) is 17.0 Å². The zero-order valence-electron chi connectivity index (χ0n) is 12.8. The molecule has 5 heteroatoms. The number of nitrogens with one attached hydrogen (secondary N) is 1. The van der Waals surface area contributed by atoms with Gasteiger partial charge in [-0.2, -0.15) is 5.10 Å². The molecule has 1 aromatic heterocycles. The van der Waals surface area contributed by atoms with E-state index in [9.17, 15) is 4.79 Å². The summed E-state index contributed by atoms with van der Waals surface area (Å²) in [7, 11) is 0. The van der Waals surface area contributed by atoms with Gasteiger partial charge in [-0.05, 0) is 49.7 Å². The summed E-state index contributed by atoms with van der Waals surface area (Å²) in [4.78, 5) is 12.2. The topological polar surface area (TPSA) is 54.6 Å². The molecule has 0 unspecified atom stereocenters. The van der Waals surface area contributed by atoms with Crippen LogP contribution in [0, 0.1) is 6.92 Å². The normalized spacial score (nSPS) is 11.7. The number of aryl methyl sites for hydroxylation is 1. The zero-order valence-corrected chi connectivity index (χ0v) is 14.3. The summed E-state index contributed by atoms with van der Waals surface area (Å²) >= 11 is 3.42. The Labute approximate surface area is 142 Å². The maximum absolute atomic E-state index is 12.2. The number of nitrogens with zero attached hydrogens (tertiary/aromatic N) is 1. The molecule has 4 nitrogen and oxygen atoms in total. The van der Waals surface area contributed by atoms with Crippen molar-refractivity contribution in [3.05, 3.63) is 74.6 Å². The maximum Gasteiger partial charge on any atom is 0.345 e. The van der Waals surface area contributed by atoms with Crippen LogP contribution in [0.4, 0.5) is 5.69 Å². The first-order valence-corrected chi connectivity index (χ1v) is 7.93. The molecule has 0 bridgehead atoms. The molecule has 0 amide bonds. The summed E-state index contributed by atoms with van der Waals surface area (Å²) in [6.07, 6.45) is 0. The molecule has 1 heterocycles. The van der Waals surface area contributed by atoms with Crippen LogP contribution in [-0.2, 0) is 0 Å². The SMILES string of the molecule is C/C(=N\Nc1ccccc1C)c1cc2cc(Br)ccc2oc1=O. The lowest BCUT2D eigenvalue weighted by atomic mass is 10.1. The fraction of sp³-hybridized carbons (Fsp3) is 0.111. The van der Waals surface area contributed by atoms with E-state index in [0.717, 1.165) is 21.1 Å². The number of benzene rings is 2. The molecule has 1 N–H and O–H groups in total. The highest BCUT2D eigenvalue weighted by atomic mass is 79.9. The lowest BCUT2D eigenvalue weighted by Gasteiger charge is -2.06. The Hall–Kier alpha value is -2.40. The number of fused-ring (bicyclic) bond motifs is 1. The summed E-state index contributed by atoms with van der Waals surface area (Å²) < 4.78 is 6.29. The largest absolute Gasteiger partial charge is 0.422 e. The molecule has 0 spiro atoms. The van der Waals surface area contributed by atoms with E-state index in [1.807, 2.05) is 43.3 Å². The molecule has 0 saturated carbocycles.